The first-order valence-corrected chi connectivity index (χ1v) is 11.2. The molecule has 0 aromatic rings. The van der Waals surface area contributed by atoms with Crippen molar-refractivity contribution in [3.63, 3.8) is 0 Å². The monoisotopic (exact) mass is 284 g/mol. The van der Waals surface area contributed by atoms with E-state index in [-0.39, 0.29) is 15.8 Å². The van der Waals surface area contributed by atoms with Crippen molar-refractivity contribution in [2.75, 3.05) is 6.16 Å². The first kappa shape index (κ1) is 15.0. The summed E-state index contributed by atoms with van der Waals surface area (Å²) >= 11 is 0. The summed E-state index contributed by atoms with van der Waals surface area (Å²) in [7, 11) is 0.486. The summed E-state index contributed by atoms with van der Waals surface area (Å²) in [5.41, 5.74) is 3.17. The molecule has 2 rings (SSSR count). The maximum absolute atomic E-state index is 2.74. The van der Waals surface area contributed by atoms with Gasteiger partial charge in [-0.3, -0.25) is 0 Å². The summed E-state index contributed by atoms with van der Waals surface area (Å²) in [5.74, 6) is 5.46. The van der Waals surface area contributed by atoms with Crippen LogP contribution in [0, 0.1) is 0 Å². The standard InChI is InChI=1S/C16H30P2/c1-4-14-8-7-11-17(14)12-13-18-15(5-2)9-10-16(18)6-3/h12-16H,4-11H2,1-3H3/b13-12-/t14-,15-,16-,17?/m1/s1. The summed E-state index contributed by atoms with van der Waals surface area (Å²) in [4.78, 5) is 0. The molecular weight excluding hydrogens is 254 g/mol. The van der Waals surface area contributed by atoms with Gasteiger partial charge in [-0.05, 0) is 68.1 Å². The lowest BCUT2D eigenvalue weighted by atomic mass is 10.1. The molecule has 0 bridgehead atoms. The largest absolute Gasteiger partial charge is 0.0800 e. The predicted octanol–water partition coefficient (Wildman–Crippen LogP) is 6.34. The van der Waals surface area contributed by atoms with E-state index in [0.29, 0.717) is 0 Å². The lowest BCUT2D eigenvalue weighted by Crippen LogP contribution is -2.00. The Hall–Kier alpha value is 0.600. The Balaban J connectivity index is 1.97. The van der Waals surface area contributed by atoms with Crippen molar-refractivity contribution in [2.45, 2.75) is 82.7 Å². The number of rotatable bonds is 5. The molecule has 2 saturated heterocycles. The highest BCUT2D eigenvalue weighted by molar-refractivity contribution is 7.66. The van der Waals surface area contributed by atoms with Crippen molar-refractivity contribution in [1.82, 2.24) is 0 Å². The van der Waals surface area contributed by atoms with E-state index in [4.69, 9.17) is 0 Å². The second kappa shape index (κ2) is 7.40. The third kappa shape index (κ3) is 3.37. The summed E-state index contributed by atoms with van der Waals surface area (Å²) in [6, 6.07) is 0. The Bertz CT molecular complexity index is 262. The summed E-state index contributed by atoms with van der Waals surface area (Å²) < 4.78 is 0. The maximum atomic E-state index is 2.74. The fourth-order valence-corrected chi connectivity index (χ4v) is 10.1. The predicted molar refractivity (Wildman–Crippen MR) is 88.6 cm³/mol. The van der Waals surface area contributed by atoms with Crippen LogP contribution in [0.15, 0.2) is 11.6 Å². The van der Waals surface area contributed by atoms with Gasteiger partial charge in [0.25, 0.3) is 0 Å². The molecule has 18 heavy (non-hydrogen) atoms. The van der Waals surface area contributed by atoms with Crippen LogP contribution in [0.4, 0.5) is 0 Å². The Kier molecular flexibility index (Phi) is 6.17. The van der Waals surface area contributed by atoms with Gasteiger partial charge in [0, 0.05) is 0 Å². The molecule has 104 valence electrons. The quantitative estimate of drug-likeness (QED) is 0.516. The van der Waals surface area contributed by atoms with Crippen molar-refractivity contribution in [1.29, 1.82) is 0 Å². The lowest BCUT2D eigenvalue weighted by molar-refractivity contribution is 0.696. The molecule has 0 N–H and O–H groups in total. The van der Waals surface area contributed by atoms with E-state index in [1.807, 2.05) is 0 Å². The van der Waals surface area contributed by atoms with Gasteiger partial charge in [0.15, 0.2) is 0 Å². The van der Waals surface area contributed by atoms with Gasteiger partial charge in [-0.25, -0.2) is 0 Å². The molecule has 1 unspecified atom stereocenters. The zero-order valence-corrected chi connectivity index (χ0v) is 14.2. The molecule has 2 aliphatic rings. The molecule has 0 amide bonds. The van der Waals surface area contributed by atoms with Crippen LogP contribution in [-0.4, -0.2) is 23.1 Å². The SMILES string of the molecule is CC[C@@H]1CCCP1/C=C\P1[C@H](CC)CC[C@H]1CC. The molecule has 4 atom stereocenters. The third-order valence-corrected chi connectivity index (χ3v) is 11.5. The van der Waals surface area contributed by atoms with E-state index in [9.17, 15) is 0 Å². The Morgan fingerprint density at radius 1 is 0.833 bits per heavy atom. The van der Waals surface area contributed by atoms with Crippen molar-refractivity contribution in [2.24, 2.45) is 0 Å². The third-order valence-electron chi connectivity index (χ3n) is 4.94. The van der Waals surface area contributed by atoms with Crippen LogP contribution in [0.25, 0.3) is 0 Å². The molecule has 0 aliphatic carbocycles. The van der Waals surface area contributed by atoms with Crippen LogP contribution in [0.5, 0.6) is 0 Å². The van der Waals surface area contributed by atoms with Gasteiger partial charge in [0.05, 0.1) is 0 Å². The van der Waals surface area contributed by atoms with Gasteiger partial charge in [-0.15, -0.1) is 0 Å². The first-order chi connectivity index (χ1) is 8.80. The highest BCUT2D eigenvalue weighted by atomic mass is 31.1. The fourth-order valence-electron chi connectivity index (χ4n) is 3.71. The minimum atomic E-state index is 0.223. The maximum Gasteiger partial charge on any atom is -0.0174 e. The van der Waals surface area contributed by atoms with Crippen LogP contribution in [0.3, 0.4) is 0 Å². The van der Waals surface area contributed by atoms with Crippen LogP contribution in [0.2, 0.25) is 0 Å². The minimum absolute atomic E-state index is 0.223. The highest BCUT2D eigenvalue weighted by Gasteiger charge is 2.32. The second-order valence-corrected chi connectivity index (χ2v) is 11.0. The summed E-state index contributed by atoms with van der Waals surface area (Å²) in [5, 5.41) is 0. The van der Waals surface area contributed by atoms with Crippen LogP contribution < -0.4 is 0 Å². The first-order valence-electron chi connectivity index (χ1n) is 8.01. The number of hydrogen-bond acceptors (Lipinski definition) is 0. The summed E-state index contributed by atoms with van der Waals surface area (Å²) in [6.45, 7) is 7.20. The van der Waals surface area contributed by atoms with Crippen LogP contribution in [0.1, 0.15) is 65.7 Å². The van der Waals surface area contributed by atoms with Gasteiger partial charge >= 0.3 is 0 Å². The van der Waals surface area contributed by atoms with E-state index in [1.165, 1.54) is 51.1 Å². The molecule has 0 nitrogen and oxygen atoms in total. The second-order valence-electron chi connectivity index (χ2n) is 5.89. The zero-order valence-electron chi connectivity index (χ0n) is 12.4. The zero-order chi connectivity index (χ0) is 13.0. The van der Waals surface area contributed by atoms with Crippen molar-refractivity contribution >= 4 is 15.8 Å². The average molecular weight is 284 g/mol. The van der Waals surface area contributed by atoms with E-state index in [0.717, 1.165) is 17.0 Å². The van der Waals surface area contributed by atoms with E-state index in [1.54, 1.807) is 0 Å². The van der Waals surface area contributed by atoms with E-state index < -0.39 is 0 Å². The molecule has 2 fully saturated rings. The Labute approximate surface area is 117 Å². The minimum Gasteiger partial charge on any atom is -0.0800 e. The molecule has 2 aliphatic heterocycles. The number of hydrogen-bond donors (Lipinski definition) is 0. The summed E-state index contributed by atoms with van der Waals surface area (Å²) in [6.07, 6.45) is 11.8. The van der Waals surface area contributed by atoms with Crippen LogP contribution >= 0.6 is 15.8 Å². The van der Waals surface area contributed by atoms with E-state index >= 15 is 0 Å². The van der Waals surface area contributed by atoms with Gasteiger partial charge in [0.1, 0.15) is 0 Å². The van der Waals surface area contributed by atoms with Crippen molar-refractivity contribution in [3.8, 4) is 0 Å². The van der Waals surface area contributed by atoms with Gasteiger partial charge in [0.2, 0.25) is 0 Å². The van der Waals surface area contributed by atoms with Crippen molar-refractivity contribution in [3.05, 3.63) is 11.6 Å². The molecular formula is C16H30P2. The molecule has 0 saturated carbocycles. The molecule has 0 radical (unpaired) electrons. The molecule has 0 aromatic carbocycles. The van der Waals surface area contributed by atoms with E-state index in [2.05, 4.69) is 32.4 Å². The molecule has 0 aromatic heterocycles. The average Bonchev–Trinajstić information content (AvgIpc) is 3.01. The highest BCUT2D eigenvalue weighted by Crippen LogP contribution is 2.61. The Morgan fingerprint density at radius 3 is 2.00 bits per heavy atom. The smallest absolute Gasteiger partial charge is 0.0174 e. The van der Waals surface area contributed by atoms with Gasteiger partial charge < -0.3 is 0 Å². The Morgan fingerprint density at radius 2 is 1.44 bits per heavy atom. The van der Waals surface area contributed by atoms with Gasteiger partial charge in [-0.1, -0.05) is 48.2 Å². The molecule has 2 heterocycles. The molecule has 0 spiro atoms. The molecule has 2 heteroatoms. The van der Waals surface area contributed by atoms with Crippen LogP contribution in [-0.2, 0) is 0 Å². The normalized spacial score (nSPS) is 37.9. The van der Waals surface area contributed by atoms with Gasteiger partial charge in [-0.2, -0.15) is 0 Å². The topological polar surface area (TPSA) is 0 Å². The lowest BCUT2D eigenvalue weighted by Gasteiger charge is -2.22. The van der Waals surface area contributed by atoms with Crippen molar-refractivity contribution < 1.29 is 0 Å². The fraction of sp³-hybridized carbons (Fsp3) is 0.875.